The maximum atomic E-state index is 12.4. The Hall–Kier alpha value is -2.94. The van der Waals surface area contributed by atoms with Gasteiger partial charge in [-0.25, -0.2) is 4.79 Å². The van der Waals surface area contributed by atoms with Crippen LogP contribution in [0.2, 0.25) is 0 Å². The zero-order valence-electron chi connectivity index (χ0n) is 11.9. The molecule has 0 N–H and O–H groups in total. The summed E-state index contributed by atoms with van der Waals surface area (Å²) in [5.41, 5.74) is 2.37. The first kappa shape index (κ1) is 14.0. The van der Waals surface area contributed by atoms with Gasteiger partial charge in [0, 0.05) is 12.4 Å². The summed E-state index contributed by atoms with van der Waals surface area (Å²) in [5, 5.41) is 0. The summed E-state index contributed by atoms with van der Waals surface area (Å²) < 4.78 is 5.74. The van der Waals surface area contributed by atoms with Gasteiger partial charge in [-0.1, -0.05) is 60.7 Å². The summed E-state index contributed by atoms with van der Waals surface area (Å²) in [4.78, 5) is 16.3. The molecule has 0 radical (unpaired) electrons. The van der Waals surface area contributed by atoms with Gasteiger partial charge in [-0.2, -0.15) is 0 Å². The van der Waals surface area contributed by atoms with Crippen molar-refractivity contribution < 1.29 is 9.53 Å². The number of aromatic nitrogens is 1. The summed E-state index contributed by atoms with van der Waals surface area (Å²) in [7, 11) is 0. The Morgan fingerprint density at radius 2 is 1.27 bits per heavy atom. The molecule has 1 heterocycles. The third kappa shape index (κ3) is 3.20. The second kappa shape index (κ2) is 6.68. The number of pyridine rings is 1. The molecular formula is C19H15NO2. The topological polar surface area (TPSA) is 39.2 Å². The van der Waals surface area contributed by atoms with Crippen LogP contribution in [0.1, 0.15) is 27.6 Å². The van der Waals surface area contributed by atoms with E-state index in [1.54, 1.807) is 24.5 Å². The monoisotopic (exact) mass is 289 g/mol. The first-order chi connectivity index (χ1) is 10.8. The van der Waals surface area contributed by atoms with Gasteiger partial charge in [0.15, 0.2) is 6.10 Å². The van der Waals surface area contributed by atoms with E-state index in [1.807, 2.05) is 60.7 Å². The van der Waals surface area contributed by atoms with Crippen LogP contribution in [-0.2, 0) is 4.74 Å². The van der Waals surface area contributed by atoms with E-state index in [0.717, 1.165) is 11.1 Å². The smallest absolute Gasteiger partial charge is 0.339 e. The van der Waals surface area contributed by atoms with Gasteiger partial charge in [-0.05, 0) is 23.3 Å². The van der Waals surface area contributed by atoms with E-state index in [-0.39, 0.29) is 5.97 Å². The highest BCUT2D eigenvalue weighted by Crippen LogP contribution is 2.26. The molecule has 0 saturated heterocycles. The van der Waals surface area contributed by atoms with Gasteiger partial charge in [0.25, 0.3) is 0 Å². The summed E-state index contributed by atoms with van der Waals surface area (Å²) in [6.07, 6.45) is 2.73. The van der Waals surface area contributed by atoms with Crippen LogP contribution < -0.4 is 0 Å². The van der Waals surface area contributed by atoms with Crippen molar-refractivity contribution in [2.75, 3.05) is 0 Å². The molecule has 0 bridgehead atoms. The lowest BCUT2D eigenvalue weighted by molar-refractivity contribution is 0.0378. The zero-order chi connectivity index (χ0) is 15.2. The zero-order valence-corrected chi connectivity index (χ0v) is 11.9. The van der Waals surface area contributed by atoms with E-state index in [0.29, 0.717) is 5.56 Å². The Kier molecular flexibility index (Phi) is 4.25. The third-order valence-corrected chi connectivity index (χ3v) is 3.35. The number of benzene rings is 2. The summed E-state index contributed by atoms with van der Waals surface area (Å²) in [6.45, 7) is 0. The van der Waals surface area contributed by atoms with Crippen LogP contribution in [0.4, 0.5) is 0 Å². The lowest BCUT2D eigenvalue weighted by atomic mass is 10.0. The number of hydrogen-bond donors (Lipinski definition) is 0. The molecule has 0 saturated carbocycles. The van der Waals surface area contributed by atoms with E-state index >= 15 is 0 Å². The molecule has 0 aliphatic heterocycles. The van der Waals surface area contributed by atoms with Gasteiger partial charge >= 0.3 is 5.97 Å². The number of carbonyl (C=O) groups excluding carboxylic acids is 1. The molecule has 3 aromatic rings. The Balaban J connectivity index is 1.91. The van der Waals surface area contributed by atoms with E-state index in [2.05, 4.69) is 4.98 Å². The third-order valence-electron chi connectivity index (χ3n) is 3.35. The van der Waals surface area contributed by atoms with Crippen molar-refractivity contribution in [2.45, 2.75) is 6.10 Å². The Bertz CT molecular complexity index is 688. The van der Waals surface area contributed by atoms with E-state index < -0.39 is 6.10 Å². The Labute approximate surface area is 129 Å². The van der Waals surface area contributed by atoms with Crippen molar-refractivity contribution in [3.8, 4) is 0 Å². The molecule has 0 spiro atoms. The van der Waals surface area contributed by atoms with Crippen molar-refractivity contribution in [1.29, 1.82) is 0 Å². The van der Waals surface area contributed by atoms with Gasteiger partial charge < -0.3 is 4.74 Å². The van der Waals surface area contributed by atoms with Crippen LogP contribution in [0.25, 0.3) is 0 Å². The molecule has 22 heavy (non-hydrogen) atoms. The highest BCUT2D eigenvalue weighted by molar-refractivity contribution is 5.89. The number of rotatable bonds is 4. The second-order valence-corrected chi connectivity index (χ2v) is 4.84. The molecule has 0 amide bonds. The second-order valence-electron chi connectivity index (χ2n) is 4.84. The molecule has 0 aliphatic carbocycles. The first-order valence-electron chi connectivity index (χ1n) is 7.05. The fraction of sp³-hybridized carbons (Fsp3) is 0.0526. The molecule has 0 aliphatic rings. The quantitative estimate of drug-likeness (QED) is 0.681. The van der Waals surface area contributed by atoms with E-state index in [1.165, 1.54) is 0 Å². The lowest BCUT2D eigenvalue weighted by Crippen LogP contribution is -2.13. The van der Waals surface area contributed by atoms with Crippen molar-refractivity contribution in [2.24, 2.45) is 0 Å². The highest BCUT2D eigenvalue weighted by atomic mass is 16.5. The van der Waals surface area contributed by atoms with E-state index in [4.69, 9.17) is 4.74 Å². The van der Waals surface area contributed by atoms with Gasteiger partial charge in [-0.3, -0.25) is 4.98 Å². The van der Waals surface area contributed by atoms with Crippen LogP contribution >= 0.6 is 0 Å². The molecule has 2 aromatic carbocycles. The predicted octanol–water partition coefficient (Wildman–Crippen LogP) is 4.03. The molecule has 108 valence electrons. The van der Waals surface area contributed by atoms with Crippen molar-refractivity contribution in [3.63, 3.8) is 0 Å². The first-order valence-corrected chi connectivity index (χ1v) is 7.05. The number of esters is 1. The normalized spacial score (nSPS) is 10.4. The molecule has 3 heteroatoms. The fourth-order valence-corrected chi connectivity index (χ4v) is 2.25. The van der Waals surface area contributed by atoms with Crippen LogP contribution in [0, 0.1) is 0 Å². The summed E-state index contributed by atoms with van der Waals surface area (Å²) >= 11 is 0. The number of nitrogens with zero attached hydrogens (tertiary/aromatic N) is 1. The standard InChI is InChI=1S/C19H15NO2/c21-19(17-11-13-20-14-12-17)22-18(15-7-3-1-4-8-15)16-9-5-2-6-10-16/h1-14,18H. The molecule has 0 fully saturated rings. The maximum absolute atomic E-state index is 12.4. The molecule has 0 unspecified atom stereocenters. The van der Waals surface area contributed by atoms with Crippen molar-refractivity contribution in [3.05, 3.63) is 102 Å². The predicted molar refractivity (Wildman–Crippen MR) is 84.4 cm³/mol. The molecule has 3 rings (SSSR count). The minimum atomic E-state index is -0.428. The molecule has 3 nitrogen and oxygen atoms in total. The van der Waals surface area contributed by atoms with Crippen molar-refractivity contribution in [1.82, 2.24) is 4.98 Å². The minimum Gasteiger partial charge on any atom is -0.449 e. The van der Waals surface area contributed by atoms with Crippen LogP contribution in [0.3, 0.4) is 0 Å². The van der Waals surface area contributed by atoms with Gasteiger partial charge in [-0.15, -0.1) is 0 Å². The highest BCUT2D eigenvalue weighted by Gasteiger charge is 2.19. The average molecular weight is 289 g/mol. The largest absolute Gasteiger partial charge is 0.449 e. The SMILES string of the molecule is O=C(OC(c1ccccc1)c1ccccc1)c1ccncc1. The molecular weight excluding hydrogens is 274 g/mol. The van der Waals surface area contributed by atoms with Gasteiger partial charge in [0.2, 0.25) is 0 Å². The van der Waals surface area contributed by atoms with Crippen LogP contribution in [-0.4, -0.2) is 11.0 Å². The Morgan fingerprint density at radius 1 is 0.773 bits per heavy atom. The Morgan fingerprint density at radius 3 is 1.77 bits per heavy atom. The summed E-state index contributed by atoms with van der Waals surface area (Å²) in [5.74, 6) is -0.361. The van der Waals surface area contributed by atoms with Gasteiger partial charge in [0.05, 0.1) is 5.56 Å². The fourth-order valence-electron chi connectivity index (χ4n) is 2.25. The lowest BCUT2D eigenvalue weighted by Gasteiger charge is -2.19. The number of ether oxygens (including phenoxy) is 1. The van der Waals surface area contributed by atoms with Crippen LogP contribution in [0.15, 0.2) is 85.2 Å². The maximum Gasteiger partial charge on any atom is 0.339 e. The number of hydrogen-bond acceptors (Lipinski definition) is 3. The summed E-state index contributed by atoms with van der Waals surface area (Å²) in [6, 6.07) is 22.7. The minimum absolute atomic E-state index is 0.361. The molecule has 1 aromatic heterocycles. The molecule has 0 atom stereocenters. The van der Waals surface area contributed by atoms with Gasteiger partial charge in [0.1, 0.15) is 0 Å². The van der Waals surface area contributed by atoms with Crippen molar-refractivity contribution >= 4 is 5.97 Å². The number of carbonyl (C=O) groups is 1. The van der Waals surface area contributed by atoms with Crippen LogP contribution in [0.5, 0.6) is 0 Å². The van der Waals surface area contributed by atoms with E-state index in [9.17, 15) is 4.79 Å². The average Bonchev–Trinajstić information content (AvgIpc) is 2.62.